The van der Waals surface area contributed by atoms with Crippen LogP contribution in [0.3, 0.4) is 0 Å². The number of hydrogen-bond donors (Lipinski definition) is 0. The average Bonchev–Trinajstić information content (AvgIpc) is 2.58. The SMILES string of the molecule is O=[N+]([O-])/C=C/c1ccn2ccccc12. The lowest BCUT2D eigenvalue weighted by molar-refractivity contribution is -0.400. The van der Waals surface area contributed by atoms with Crippen LogP contribution in [-0.2, 0) is 0 Å². The standard InChI is InChI=1S/C10H8N2O2/c13-12(14)8-5-9-4-7-11-6-2-1-3-10(9)11/h1-8H/b8-5+. The van der Waals surface area contributed by atoms with Gasteiger partial charge >= 0.3 is 0 Å². The van der Waals surface area contributed by atoms with Crippen molar-refractivity contribution in [3.05, 3.63) is 58.5 Å². The van der Waals surface area contributed by atoms with Crippen molar-refractivity contribution in [3.8, 4) is 0 Å². The van der Waals surface area contributed by atoms with Gasteiger partial charge in [0.25, 0.3) is 0 Å². The van der Waals surface area contributed by atoms with Gasteiger partial charge in [-0.3, -0.25) is 10.1 Å². The molecule has 4 nitrogen and oxygen atoms in total. The quantitative estimate of drug-likeness (QED) is 0.535. The minimum Gasteiger partial charge on any atom is -0.323 e. The number of hydrogen-bond acceptors (Lipinski definition) is 2. The summed E-state index contributed by atoms with van der Waals surface area (Å²) in [4.78, 5) is 9.68. The lowest BCUT2D eigenvalue weighted by Gasteiger charge is -1.92. The second-order valence-corrected chi connectivity index (χ2v) is 2.87. The molecule has 14 heavy (non-hydrogen) atoms. The van der Waals surface area contributed by atoms with E-state index in [4.69, 9.17) is 0 Å². The molecule has 4 heteroatoms. The maximum Gasteiger partial charge on any atom is 0.235 e. The maximum absolute atomic E-state index is 10.1. The van der Waals surface area contributed by atoms with Crippen molar-refractivity contribution >= 4 is 11.6 Å². The Kier molecular flexibility index (Phi) is 2.02. The molecular weight excluding hydrogens is 180 g/mol. The van der Waals surface area contributed by atoms with E-state index in [-0.39, 0.29) is 0 Å². The third-order valence-electron chi connectivity index (χ3n) is 1.98. The summed E-state index contributed by atoms with van der Waals surface area (Å²) >= 11 is 0. The summed E-state index contributed by atoms with van der Waals surface area (Å²) in [5.74, 6) is 0. The number of nitro groups is 1. The first kappa shape index (κ1) is 8.50. The maximum atomic E-state index is 10.1. The van der Waals surface area contributed by atoms with Crippen LogP contribution in [0.5, 0.6) is 0 Å². The highest BCUT2D eigenvalue weighted by Crippen LogP contribution is 2.13. The molecule has 0 fully saturated rings. The third kappa shape index (κ3) is 1.50. The molecule has 70 valence electrons. The van der Waals surface area contributed by atoms with Gasteiger partial charge in [0.15, 0.2) is 0 Å². The second kappa shape index (κ2) is 3.33. The molecule has 0 saturated heterocycles. The molecule has 0 saturated carbocycles. The summed E-state index contributed by atoms with van der Waals surface area (Å²) in [5.41, 5.74) is 1.81. The number of nitrogens with zero attached hydrogens (tertiary/aromatic N) is 2. The van der Waals surface area contributed by atoms with Gasteiger partial charge < -0.3 is 4.40 Å². The van der Waals surface area contributed by atoms with Gasteiger partial charge in [0.05, 0.1) is 10.4 Å². The third-order valence-corrected chi connectivity index (χ3v) is 1.98. The molecule has 2 aromatic rings. The van der Waals surface area contributed by atoms with Crippen LogP contribution < -0.4 is 0 Å². The zero-order valence-electron chi connectivity index (χ0n) is 7.33. The van der Waals surface area contributed by atoms with Crippen molar-refractivity contribution in [3.63, 3.8) is 0 Å². The normalized spacial score (nSPS) is 11.1. The Morgan fingerprint density at radius 3 is 2.93 bits per heavy atom. The van der Waals surface area contributed by atoms with Crippen LogP contribution in [0.25, 0.3) is 11.6 Å². The van der Waals surface area contributed by atoms with Crippen LogP contribution in [0.15, 0.2) is 42.9 Å². The molecule has 0 radical (unpaired) electrons. The molecular formula is C10H8N2O2. The molecule has 0 spiro atoms. The van der Waals surface area contributed by atoms with Crippen LogP contribution in [0.4, 0.5) is 0 Å². The van der Waals surface area contributed by atoms with Crippen LogP contribution >= 0.6 is 0 Å². The Balaban J connectivity index is 2.48. The lowest BCUT2D eigenvalue weighted by Crippen LogP contribution is -1.83. The molecule has 0 atom stereocenters. The summed E-state index contributed by atoms with van der Waals surface area (Å²) in [6.45, 7) is 0. The fourth-order valence-electron chi connectivity index (χ4n) is 1.36. The molecule has 0 N–H and O–H groups in total. The van der Waals surface area contributed by atoms with Gasteiger partial charge in [-0.15, -0.1) is 0 Å². The van der Waals surface area contributed by atoms with E-state index in [1.165, 1.54) is 6.08 Å². The molecule has 0 aliphatic rings. The summed E-state index contributed by atoms with van der Waals surface area (Å²) in [6, 6.07) is 7.57. The highest BCUT2D eigenvalue weighted by atomic mass is 16.6. The zero-order chi connectivity index (χ0) is 9.97. The Labute approximate surface area is 80.2 Å². The predicted octanol–water partition coefficient (Wildman–Crippen LogP) is 2.19. The molecule has 2 rings (SSSR count). The molecule has 2 aromatic heterocycles. The molecule has 0 aromatic carbocycles. The van der Waals surface area contributed by atoms with Crippen molar-refractivity contribution in [2.75, 3.05) is 0 Å². The average molecular weight is 188 g/mol. The zero-order valence-corrected chi connectivity index (χ0v) is 7.33. The molecule has 0 aliphatic carbocycles. The topological polar surface area (TPSA) is 47.5 Å². The fraction of sp³-hybridized carbons (Fsp3) is 0. The first-order valence-corrected chi connectivity index (χ1v) is 4.15. The molecule has 0 aliphatic heterocycles. The van der Waals surface area contributed by atoms with E-state index in [9.17, 15) is 10.1 Å². The summed E-state index contributed by atoms with van der Waals surface area (Å²) in [6.07, 6.45) is 6.21. The Morgan fingerprint density at radius 1 is 1.29 bits per heavy atom. The first-order valence-electron chi connectivity index (χ1n) is 4.15. The minimum atomic E-state index is -0.466. The highest BCUT2D eigenvalue weighted by molar-refractivity contribution is 5.69. The van der Waals surface area contributed by atoms with E-state index in [0.29, 0.717) is 0 Å². The van der Waals surface area contributed by atoms with Crippen LogP contribution in [-0.4, -0.2) is 9.32 Å². The Hall–Kier alpha value is -2.10. The van der Waals surface area contributed by atoms with Gasteiger partial charge in [-0.25, -0.2) is 0 Å². The number of rotatable bonds is 2. The molecule has 0 unspecified atom stereocenters. The predicted molar refractivity (Wildman–Crippen MR) is 53.4 cm³/mol. The van der Waals surface area contributed by atoms with Gasteiger partial charge in [-0.05, 0) is 18.2 Å². The lowest BCUT2D eigenvalue weighted by atomic mass is 10.2. The number of aromatic nitrogens is 1. The largest absolute Gasteiger partial charge is 0.323 e. The molecule has 0 amide bonds. The van der Waals surface area contributed by atoms with Crippen molar-refractivity contribution in [1.82, 2.24) is 4.40 Å². The van der Waals surface area contributed by atoms with E-state index in [1.807, 2.05) is 41.1 Å². The van der Waals surface area contributed by atoms with Crippen LogP contribution in [0.1, 0.15) is 5.56 Å². The van der Waals surface area contributed by atoms with E-state index in [0.717, 1.165) is 17.3 Å². The molecule has 2 heterocycles. The minimum absolute atomic E-state index is 0.466. The van der Waals surface area contributed by atoms with Crippen molar-refractivity contribution in [2.24, 2.45) is 0 Å². The smallest absolute Gasteiger partial charge is 0.235 e. The Bertz CT molecular complexity index is 500. The fourth-order valence-corrected chi connectivity index (χ4v) is 1.36. The first-order chi connectivity index (χ1) is 6.77. The van der Waals surface area contributed by atoms with Gasteiger partial charge in [0.1, 0.15) is 0 Å². The summed E-state index contributed by atoms with van der Waals surface area (Å²) in [7, 11) is 0. The second-order valence-electron chi connectivity index (χ2n) is 2.87. The van der Waals surface area contributed by atoms with E-state index in [1.54, 1.807) is 0 Å². The Morgan fingerprint density at radius 2 is 2.14 bits per heavy atom. The van der Waals surface area contributed by atoms with Gasteiger partial charge in [-0.1, -0.05) is 6.07 Å². The number of pyridine rings is 1. The van der Waals surface area contributed by atoms with Crippen molar-refractivity contribution in [2.45, 2.75) is 0 Å². The molecule has 0 bridgehead atoms. The van der Waals surface area contributed by atoms with Gasteiger partial charge in [0.2, 0.25) is 6.20 Å². The van der Waals surface area contributed by atoms with Crippen LogP contribution in [0, 0.1) is 10.1 Å². The van der Waals surface area contributed by atoms with E-state index in [2.05, 4.69) is 0 Å². The van der Waals surface area contributed by atoms with Crippen LogP contribution in [0.2, 0.25) is 0 Å². The van der Waals surface area contributed by atoms with Gasteiger partial charge in [0, 0.05) is 24.0 Å². The van der Waals surface area contributed by atoms with E-state index >= 15 is 0 Å². The summed E-state index contributed by atoms with van der Waals surface area (Å²) in [5, 5.41) is 10.1. The highest BCUT2D eigenvalue weighted by Gasteiger charge is 1.98. The summed E-state index contributed by atoms with van der Waals surface area (Å²) < 4.78 is 1.92. The monoisotopic (exact) mass is 188 g/mol. The van der Waals surface area contributed by atoms with Crippen molar-refractivity contribution < 1.29 is 4.92 Å². The van der Waals surface area contributed by atoms with Crippen molar-refractivity contribution in [1.29, 1.82) is 0 Å². The number of fused-ring (bicyclic) bond motifs is 1. The van der Waals surface area contributed by atoms with Gasteiger partial charge in [-0.2, -0.15) is 0 Å². The van der Waals surface area contributed by atoms with E-state index < -0.39 is 4.92 Å².